The average molecular weight is 317 g/mol. The van der Waals surface area contributed by atoms with Gasteiger partial charge in [-0.1, -0.05) is 12.1 Å². The minimum absolute atomic E-state index is 0.179. The van der Waals surface area contributed by atoms with Gasteiger partial charge in [0, 0.05) is 19.3 Å². The number of nitrogens with zero attached hydrogens (tertiary/aromatic N) is 2. The van der Waals surface area contributed by atoms with Gasteiger partial charge in [0.2, 0.25) is 0 Å². The van der Waals surface area contributed by atoms with Crippen molar-refractivity contribution in [3.8, 4) is 11.6 Å². The molecule has 5 nitrogen and oxygen atoms in total. The van der Waals surface area contributed by atoms with Crippen molar-refractivity contribution in [2.75, 3.05) is 5.88 Å². The molecule has 0 amide bonds. The van der Waals surface area contributed by atoms with Crippen molar-refractivity contribution < 1.29 is 9.21 Å². The summed E-state index contributed by atoms with van der Waals surface area (Å²) in [5.41, 5.74) is 0.399. The third-order valence-corrected chi connectivity index (χ3v) is 3.51. The summed E-state index contributed by atoms with van der Waals surface area (Å²) in [5.74, 6) is 1.07. The van der Waals surface area contributed by atoms with Crippen molar-refractivity contribution >= 4 is 28.3 Å². The molecule has 1 aromatic carbocycles. The number of benzene rings is 1. The van der Waals surface area contributed by atoms with Crippen LogP contribution in [-0.2, 0) is 6.54 Å². The molecule has 3 rings (SSSR count). The molecule has 0 atom stereocenters. The van der Waals surface area contributed by atoms with E-state index in [-0.39, 0.29) is 23.0 Å². The zero-order valence-electron chi connectivity index (χ0n) is 11.9. The van der Waals surface area contributed by atoms with Crippen LogP contribution in [0.25, 0.3) is 22.5 Å². The molecule has 0 aliphatic rings. The SMILES string of the molecule is CC(=O)c1ccc(-c2nc3ccccc3c(=O)n2CCCl)o1. The molecule has 0 spiro atoms. The van der Waals surface area contributed by atoms with Crippen LogP contribution in [0.3, 0.4) is 0 Å². The van der Waals surface area contributed by atoms with Gasteiger partial charge in [0.15, 0.2) is 23.1 Å². The molecule has 0 radical (unpaired) electrons. The smallest absolute Gasteiger partial charge is 0.261 e. The Balaban J connectivity index is 2.28. The molecule has 0 N–H and O–H groups in total. The number of carbonyl (C=O) groups excluding carboxylic acids is 1. The summed E-state index contributed by atoms with van der Waals surface area (Å²) in [5, 5.41) is 0.523. The molecule has 0 aliphatic carbocycles. The fourth-order valence-electron chi connectivity index (χ4n) is 2.30. The highest BCUT2D eigenvalue weighted by Crippen LogP contribution is 2.22. The van der Waals surface area contributed by atoms with E-state index in [4.69, 9.17) is 16.0 Å². The minimum atomic E-state index is -0.182. The number of furan rings is 1. The number of fused-ring (bicyclic) bond motifs is 1. The fraction of sp³-hybridized carbons (Fsp3) is 0.188. The summed E-state index contributed by atoms with van der Waals surface area (Å²) in [6.07, 6.45) is 0. The van der Waals surface area contributed by atoms with E-state index in [2.05, 4.69) is 4.98 Å². The predicted octanol–water partition coefficient (Wildman–Crippen LogP) is 3.10. The number of alkyl halides is 1. The Morgan fingerprint density at radius 2 is 2.05 bits per heavy atom. The van der Waals surface area contributed by atoms with E-state index >= 15 is 0 Å². The van der Waals surface area contributed by atoms with E-state index in [1.807, 2.05) is 6.07 Å². The lowest BCUT2D eigenvalue weighted by Crippen LogP contribution is -2.24. The molecule has 2 heterocycles. The molecule has 0 aliphatic heterocycles. The summed E-state index contributed by atoms with van der Waals surface area (Å²) in [7, 11) is 0. The van der Waals surface area contributed by atoms with Crippen LogP contribution in [0.5, 0.6) is 0 Å². The molecule has 0 unspecified atom stereocenters. The van der Waals surface area contributed by atoms with Gasteiger partial charge in [0.05, 0.1) is 10.9 Å². The number of rotatable bonds is 4. The number of Topliss-reactive ketones (excluding diaryl/α,β-unsaturated/α-hetero) is 1. The minimum Gasteiger partial charge on any atom is -0.450 e. The molecule has 0 fully saturated rings. The van der Waals surface area contributed by atoms with Gasteiger partial charge in [-0.2, -0.15) is 0 Å². The van der Waals surface area contributed by atoms with E-state index in [9.17, 15) is 9.59 Å². The van der Waals surface area contributed by atoms with Gasteiger partial charge in [-0.25, -0.2) is 4.98 Å². The number of aromatic nitrogens is 2. The van der Waals surface area contributed by atoms with Crippen LogP contribution in [0.4, 0.5) is 0 Å². The van der Waals surface area contributed by atoms with E-state index < -0.39 is 0 Å². The van der Waals surface area contributed by atoms with Gasteiger partial charge in [-0.3, -0.25) is 14.2 Å². The first-order chi connectivity index (χ1) is 10.6. The van der Waals surface area contributed by atoms with Crippen molar-refractivity contribution in [1.29, 1.82) is 0 Å². The lowest BCUT2D eigenvalue weighted by atomic mass is 10.2. The number of halogens is 1. The quantitative estimate of drug-likeness (QED) is 0.548. The molecule has 2 aromatic heterocycles. The topological polar surface area (TPSA) is 65.1 Å². The van der Waals surface area contributed by atoms with Crippen LogP contribution in [0.15, 0.2) is 45.6 Å². The maximum Gasteiger partial charge on any atom is 0.261 e. The maximum absolute atomic E-state index is 12.6. The van der Waals surface area contributed by atoms with Crippen molar-refractivity contribution in [3.63, 3.8) is 0 Å². The number of hydrogen-bond donors (Lipinski definition) is 0. The Bertz CT molecular complexity index is 911. The first-order valence-corrected chi connectivity index (χ1v) is 7.32. The summed E-state index contributed by atoms with van der Waals surface area (Å²) >= 11 is 5.80. The highest BCUT2D eigenvalue weighted by Gasteiger charge is 2.16. The van der Waals surface area contributed by atoms with Gasteiger partial charge in [-0.15, -0.1) is 11.6 Å². The average Bonchev–Trinajstić information content (AvgIpc) is 3.00. The van der Waals surface area contributed by atoms with E-state index in [1.165, 1.54) is 11.5 Å². The number of hydrogen-bond acceptors (Lipinski definition) is 4. The Morgan fingerprint density at radius 3 is 2.73 bits per heavy atom. The highest BCUT2D eigenvalue weighted by molar-refractivity contribution is 6.17. The summed E-state index contributed by atoms with van der Waals surface area (Å²) in [6.45, 7) is 1.73. The monoisotopic (exact) mass is 316 g/mol. The van der Waals surface area contributed by atoms with E-state index in [0.717, 1.165) is 0 Å². The molecular formula is C16H13ClN2O3. The van der Waals surface area contributed by atoms with Gasteiger partial charge in [0.1, 0.15) is 0 Å². The van der Waals surface area contributed by atoms with Crippen LogP contribution in [0, 0.1) is 0 Å². The number of para-hydroxylation sites is 1. The molecule has 0 bridgehead atoms. The molecule has 0 saturated heterocycles. The maximum atomic E-state index is 12.6. The van der Waals surface area contributed by atoms with Crippen molar-refractivity contribution in [1.82, 2.24) is 9.55 Å². The second-order valence-electron chi connectivity index (χ2n) is 4.82. The highest BCUT2D eigenvalue weighted by atomic mass is 35.5. The van der Waals surface area contributed by atoms with Crippen LogP contribution in [0.2, 0.25) is 0 Å². The van der Waals surface area contributed by atoms with Crippen molar-refractivity contribution in [2.24, 2.45) is 0 Å². The lowest BCUT2D eigenvalue weighted by molar-refractivity contribution is 0.0988. The normalized spacial score (nSPS) is 11.0. The zero-order valence-corrected chi connectivity index (χ0v) is 12.6. The molecule has 0 saturated carbocycles. The van der Waals surface area contributed by atoms with E-state index in [0.29, 0.717) is 29.0 Å². The van der Waals surface area contributed by atoms with Gasteiger partial charge >= 0.3 is 0 Å². The summed E-state index contributed by atoms with van der Waals surface area (Å²) in [4.78, 5) is 28.5. The second kappa shape index (κ2) is 5.77. The Kier molecular flexibility index (Phi) is 3.81. The van der Waals surface area contributed by atoms with Crippen LogP contribution < -0.4 is 5.56 Å². The van der Waals surface area contributed by atoms with Gasteiger partial charge in [0.25, 0.3) is 5.56 Å². The van der Waals surface area contributed by atoms with Crippen molar-refractivity contribution in [2.45, 2.75) is 13.5 Å². The molecule has 22 heavy (non-hydrogen) atoms. The summed E-state index contributed by atoms with van der Waals surface area (Å²) < 4.78 is 6.98. The summed E-state index contributed by atoms with van der Waals surface area (Å²) in [6, 6.07) is 10.3. The molecular weight excluding hydrogens is 304 g/mol. The first-order valence-electron chi connectivity index (χ1n) is 6.78. The number of ketones is 1. The van der Waals surface area contributed by atoms with E-state index in [1.54, 1.807) is 30.3 Å². The van der Waals surface area contributed by atoms with Crippen LogP contribution in [0.1, 0.15) is 17.5 Å². The number of carbonyl (C=O) groups is 1. The zero-order chi connectivity index (χ0) is 15.7. The van der Waals surface area contributed by atoms with Gasteiger partial charge in [-0.05, 0) is 24.3 Å². The second-order valence-corrected chi connectivity index (χ2v) is 5.20. The fourth-order valence-corrected chi connectivity index (χ4v) is 2.46. The Hall–Kier alpha value is -2.40. The first kappa shape index (κ1) is 14.5. The lowest BCUT2D eigenvalue weighted by Gasteiger charge is -2.10. The van der Waals surface area contributed by atoms with Gasteiger partial charge < -0.3 is 4.42 Å². The Morgan fingerprint density at radius 1 is 1.27 bits per heavy atom. The van der Waals surface area contributed by atoms with Crippen LogP contribution >= 0.6 is 11.6 Å². The standard InChI is InChI=1S/C16H13ClN2O3/c1-10(20)13-6-7-14(22-13)15-18-12-5-3-2-4-11(12)16(21)19(15)9-8-17/h2-7H,8-9H2,1H3. The predicted molar refractivity (Wildman–Crippen MR) is 84.4 cm³/mol. The molecule has 3 aromatic rings. The molecule has 112 valence electrons. The van der Waals surface area contributed by atoms with Crippen LogP contribution in [-0.4, -0.2) is 21.2 Å². The third kappa shape index (κ3) is 2.44. The largest absolute Gasteiger partial charge is 0.450 e. The molecule has 6 heteroatoms. The van der Waals surface area contributed by atoms with Crippen molar-refractivity contribution in [3.05, 3.63) is 52.5 Å². The third-order valence-electron chi connectivity index (χ3n) is 3.34. The Labute approximate surface area is 131 Å².